The van der Waals surface area contributed by atoms with Gasteiger partial charge in [0.25, 0.3) is 5.56 Å². The van der Waals surface area contributed by atoms with E-state index in [1.54, 1.807) is 6.07 Å². The minimum absolute atomic E-state index is 0.128. The number of pyridine rings is 1. The molecule has 0 atom stereocenters. The molecule has 8 heteroatoms. The Morgan fingerprint density at radius 3 is 2.61 bits per heavy atom. The van der Waals surface area contributed by atoms with Crippen LogP contribution in [0.25, 0.3) is 22.2 Å². The number of aryl methyl sites for hydroxylation is 1. The molecule has 0 aliphatic heterocycles. The van der Waals surface area contributed by atoms with Gasteiger partial charge in [-0.1, -0.05) is 0 Å². The number of hydrogen-bond donors (Lipinski definition) is 0. The standard InChI is InChI=1S/C15H9F4N3O/c1-22-5-3-8-6-10(11(16)7-9(8)14(22)23)13-20-4-2-12(21-13)15(17,18)19/h2-7H,1H3. The first kappa shape index (κ1) is 15.1. The van der Waals surface area contributed by atoms with Crippen LogP contribution in [0.2, 0.25) is 0 Å². The molecule has 0 N–H and O–H groups in total. The first-order valence-corrected chi connectivity index (χ1v) is 6.47. The molecule has 0 saturated heterocycles. The lowest BCUT2D eigenvalue weighted by Crippen LogP contribution is -2.15. The fourth-order valence-corrected chi connectivity index (χ4v) is 2.18. The molecular weight excluding hydrogens is 314 g/mol. The number of fused-ring (bicyclic) bond motifs is 1. The van der Waals surface area contributed by atoms with Gasteiger partial charge in [-0.3, -0.25) is 4.79 Å². The van der Waals surface area contributed by atoms with Crippen molar-refractivity contribution in [2.75, 3.05) is 0 Å². The van der Waals surface area contributed by atoms with Gasteiger partial charge in [0.2, 0.25) is 0 Å². The molecule has 0 fully saturated rings. The minimum atomic E-state index is -4.65. The van der Waals surface area contributed by atoms with Crippen LogP contribution in [0.3, 0.4) is 0 Å². The van der Waals surface area contributed by atoms with Crippen molar-refractivity contribution in [1.29, 1.82) is 0 Å². The average Bonchev–Trinajstić information content (AvgIpc) is 2.50. The highest BCUT2D eigenvalue weighted by Gasteiger charge is 2.33. The summed E-state index contributed by atoms with van der Waals surface area (Å²) in [5, 5.41) is 0.522. The third-order valence-corrected chi connectivity index (χ3v) is 3.35. The average molecular weight is 323 g/mol. The second-order valence-corrected chi connectivity index (χ2v) is 4.91. The molecule has 3 aromatic rings. The van der Waals surface area contributed by atoms with Crippen molar-refractivity contribution in [3.05, 3.63) is 58.5 Å². The SMILES string of the molecule is Cn1ccc2cc(-c3nccc(C(F)(F)F)n3)c(F)cc2c1=O. The maximum atomic E-state index is 14.2. The molecule has 0 amide bonds. The van der Waals surface area contributed by atoms with E-state index in [9.17, 15) is 22.4 Å². The molecule has 0 aliphatic carbocycles. The largest absolute Gasteiger partial charge is 0.433 e. The van der Waals surface area contributed by atoms with Gasteiger partial charge in [0.15, 0.2) is 5.82 Å². The fraction of sp³-hybridized carbons (Fsp3) is 0.133. The van der Waals surface area contributed by atoms with E-state index >= 15 is 0 Å². The summed E-state index contributed by atoms with van der Waals surface area (Å²) in [5.74, 6) is -1.25. The van der Waals surface area contributed by atoms with Crippen LogP contribution < -0.4 is 5.56 Å². The highest BCUT2D eigenvalue weighted by Crippen LogP contribution is 2.30. The van der Waals surface area contributed by atoms with Crippen LogP contribution in [-0.2, 0) is 13.2 Å². The number of nitrogens with zero attached hydrogens (tertiary/aromatic N) is 3. The third kappa shape index (κ3) is 2.67. The Morgan fingerprint density at radius 1 is 1.17 bits per heavy atom. The monoisotopic (exact) mass is 323 g/mol. The number of alkyl halides is 3. The molecular formula is C15H9F4N3O. The van der Waals surface area contributed by atoms with Crippen LogP contribution in [0.1, 0.15) is 5.69 Å². The Hall–Kier alpha value is -2.77. The number of halogens is 4. The second-order valence-electron chi connectivity index (χ2n) is 4.91. The van der Waals surface area contributed by atoms with Crippen molar-refractivity contribution >= 4 is 10.8 Å². The van der Waals surface area contributed by atoms with Crippen LogP contribution >= 0.6 is 0 Å². The van der Waals surface area contributed by atoms with Gasteiger partial charge in [-0.25, -0.2) is 14.4 Å². The minimum Gasteiger partial charge on any atom is -0.318 e. The Morgan fingerprint density at radius 2 is 1.91 bits per heavy atom. The summed E-state index contributed by atoms with van der Waals surface area (Å²) in [4.78, 5) is 19.0. The van der Waals surface area contributed by atoms with Crippen molar-refractivity contribution in [2.24, 2.45) is 7.05 Å². The molecule has 0 spiro atoms. The van der Waals surface area contributed by atoms with Crippen LogP contribution in [0.5, 0.6) is 0 Å². The van der Waals surface area contributed by atoms with Gasteiger partial charge in [-0.15, -0.1) is 0 Å². The van der Waals surface area contributed by atoms with Gasteiger partial charge in [0, 0.05) is 19.4 Å². The molecule has 0 aliphatic rings. The van der Waals surface area contributed by atoms with Crippen molar-refractivity contribution in [3.8, 4) is 11.4 Å². The Kier molecular flexibility index (Phi) is 3.39. The van der Waals surface area contributed by atoms with E-state index in [0.29, 0.717) is 11.5 Å². The zero-order valence-electron chi connectivity index (χ0n) is 11.7. The van der Waals surface area contributed by atoms with Crippen molar-refractivity contribution in [1.82, 2.24) is 14.5 Å². The summed E-state index contributed by atoms with van der Waals surface area (Å²) in [5.41, 5.74) is -1.76. The third-order valence-electron chi connectivity index (χ3n) is 3.35. The highest BCUT2D eigenvalue weighted by atomic mass is 19.4. The van der Waals surface area contributed by atoms with Crippen molar-refractivity contribution < 1.29 is 17.6 Å². The topological polar surface area (TPSA) is 47.8 Å². The molecule has 4 nitrogen and oxygen atoms in total. The van der Waals surface area contributed by atoms with E-state index in [2.05, 4.69) is 9.97 Å². The summed E-state index contributed by atoms with van der Waals surface area (Å²) in [7, 11) is 1.52. The molecule has 118 valence electrons. The number of rotatable bonds is 1. The quantitative estimate of drug-likeness (QED) is 0.646. The smallest absolute Gasteiger partial charge is 0.318 e. The molecule has 2 aromatic heterocycles. The van der Waals surface area contributed by atoms with Gasteiger partial charge >= 0.3 is 6.18 Å². The predicted molar refractivity (Wildman–Crippen MR) is 75.2 cm³/mol. The van der Waals surface area contributed by atoms with Crippen LogP contribution in [0.4, 0.5) is 17.6 Å². The zero-order chi connectivity index (χ0) is 16.8. The highest BCUT2D eigenvalue weighted by molar-refractivity contribution is 5.85. The van der Waals surface area contributed by atoms with Crippen LogP contribution in [0, 0.1) is 5.82 Å². The number of benzene rings is 1. The van der Waals surface area contributed by atoms with Gasteiger partial charge in [0.1, 0.15) is 11.5 Å². The van der Waals surface area contributed by atoms with Gasteiger partial charge < -0.3 is 4.57 Å². The van der Waals surface area contributed by atoms with Crippen molar-refractivity contribution in [3.63, 3.8) is 0 Å². The summed E-state index contributed by atoms with van der Waals surface area (Å²) < 4.78 is 53.6. The normalized spacial score (nSPS) is 11.9. The van der Waals surface area contributed by atoms with Crippen LogP contribution in [-0.4, -0.2) is 14.5 Å². The summed E-state index contributed by atoms with van der Waals surface area (Å²) in [6.07, 6.45) is -2.25. The van der Waals surface area contributed by atoms with E-state index in [0.717, 1.165) is 12.3 Å². The maximum Gasteiger partial charge on any atom is 0.433 e. The van der Waals surface area contributed by atoms with Crippen LogP contribution in [0.15, 0.2) is 41.5 Å². The first-order chi connectivity index (χ1) is 10.8. The Labute approximate surface area is 127 Å². The fourth-order valence-electron chi connectivity index (χ4n) is 2.18. The van der Waals surface area contributed by atoms with Crippen molar-refractivity contribution in [2.45, 2.75) is 6.18 Å². The van der Waals surface area contributed by atoms with E-state index in [1.165, 1.54) is 23.9 Å². The van der Waals surface area contributed by atoms with Gasteiger partial charge in [-0.05, 0) is 29.7 Å². The molecule has 0 saturated carbocycles. The second kappa shape index (κ2) is 5.15. The summed E-state index contributed by atoms with van der Waals surface area (Å²) in [6.45, 7) is 0. The maximum absolute atomic E-state index is 14.2. The lowest BCUT2D eigenvalue weighted by atomic mass is 10.1. The first-order valence-electron chi connectivity index (χ1n) is 6.47. The molecule has 0 bridgehead atoms. The molecule has 0 unspecified atom stereocenters. The van der Waals surface area contributed by atoms with E-state index in [-0.39, 0.29) is 16.8 Å². The lowest BCUT2D eigenvalue weighted by Gasteiger charge is -2.09. The summed E-state index contributed by atoms with van der Waals surface area (Å²) in [6, 6.07) is 4.52. The van der Waals surface area contributed by atoms with E-state index in [1.807, 2.05) is 0 Å². The molecule has 2 heterocycles. The molecule has 23 heavy (non-hydrogen) atoms. The Bertz CT molecular complexity index is 963. The van der Waals surface area contributed by atoms with Gasteiger partial charge in [-0.2, -0.15) is 13.2 Å². The lowest BCUT2D eigenvalue weighted by molar-refractivity contribution is -0.141. The summed E-state index contributed by atoms with van der Waals surface area (Å²) >= 11 is 0. The van der Waals surface area contributed by atoms with E-state index in [4.69, 9.17) is 0 Å². The Balaban J connectivity index is 2.23. The number of hydrogen-bond acceptors (Lipinski definition) is 3. The molecule has 3 rings (SSSR count). The predicted octanol–water partition coefficient (Wildman–Crippen LogP) is 3.15. The van der Waals surface area contributed by atoms with E-state index < -0.39 is 23.2 Å². The van der Waals surface area contributed by atoms with Gasteiger partial charge in [0.05, 0.1) is 10.9 Å². The molecule has 1 aromatic carbocycles. The zero-order valence-corrected chi connectivity index (χ0v) is 11.7. The molecule has 0 radical (unpaired) electrons. The number of aromatic nitrogens is 3.